The van der Waals surface area contributed by atoms with Crippen LogP contribution in [0.4, 0.5) is 5.82 Å². The molecule has 1 amide bonds. The van der Waals surface area contributed by atoms with E-state index in [2.05, 4.69) is 15.2 Å². The number of likely N-dealkylation sites (tertiary alicyclic amines) is 1. The van der Waals surface area contributed by atoms with Crippen molar-refractivity contribution in [2.45, 2.75) is 24.7 Å². The summed E-state index contributed by atoms with van der Waals surface area (Å²) in [7, 11) is -0.421. The highest BCUT2D eigenvalue weighted by Gasteiger charge is 2.25. The maximum atomic E-state index is 12.5. The van der Waals surface area contributed by atoms with Crippen molar-refractivity contribution in [3.8, 4) is 5.75 Å². The normalized spacial score (nSPS) is 15.7. The second kappa shape index (κ2) is 10.2. The van der Waals surface area contributed by atoms with Gasteiger partial charge in [0.15, 0.2) is 0 Å². The van der Waals surface area contributed by atoms with Crippen LogP contribution in [0.2, 0.25) is 0 Å². The highest BCUT2D eigenvalue weighted by Crippen LogP contribution is 2.20. The van der Waals surface area contributed by atoms with Crippen molar-refractivity contribution in [1.29, 1.82) is 0 Å². The summed E-state index contributed by atoms with van der Waals surface area (Å²) in [4.78, 5) is 19.2. The molecule has 8 nitrogen and oxygen atoms in total. The molecule has 0 unspecified atom stereocenters. The molecule has 3 rings (SSSR count). The van der Waals surface area contributed by atoms with Gasteiger partial charge in [0, 0.05) is 32.8 Å². The van der Waals surface area contributed by atoms with Crippen LogP contribution in [0.3, 0.4) is 0 Å². The SMILES string of the molecule is Cc1ccc(NC(=O)C2CCN(CCOc3ccc(S(=O)(=O)N(C)C)cc3)CC2)nc1. The molecule has 0 spiro atoms. The van der Waals surface area contributed by atoms with Crippen LogP contribution in [0.5, 0.6) is 5.75 Å². The first-order valence-corrected chi connectivity index (χ1v) is 11.8. The minimum absolute atomic E-state index is 0.00791. The van der Waals surface area contributed by atoms with Crippen molar-refractivity contribution in [2.24, 2.45) is 5.92 Å². The van der Waals surface area contributed by atoms with Gasteiger partial charge in [-0.2, -0.15) is 0 Å². The van der Waals surface area contributed by atoms with Gasteiger partial charge in [-0.05, 0) is 68.8 Å². The first kappa shape index (κ1) is 23.2. The zero-order chi connectivity index (χ0) is 22.4. The number of hydrogen-bond donors (Lipinski definition) is 1. The van der Waals surface area contributed by atoms with Crippen LogP contribution in [-0.4, -0.2) is 68.9 Å². The number of nitrogens with zero attached hydrogens (tertiary/aromatic N) is 3. The van der Waals surface area contributed by atoms with Crippen LogP contribution >= 0.6 is 0 Å². The molecule has 0 bridgehead atoms. The quantitative estimate of drug-likeness (QED) is 0.669. The number of carbonyl (C=O) groups excluding carboxylic acids is 1. The predicted molar refractivity (Wildman–Crippen MR) is 120 cm³/mol. The van der Waals surface area contributed by atoms with E-state index in [0.717, 1.165) is 38.0 Å². The number of carbonyl (C=O) groups is 1. The molecule has 1 aliphatic rings. The van der Waals surface area contributed by atoms with Gasteiger partial charge in [0.1, 0.15) is 18.2 Å². The molecule has 0 aliphatic carbocycles. The molecule has 168 valence electrons. The van der Waals surface area contributed by atoms with E-state index in [9.17, 15) is 13.2 Å². The Bertz CT molecular complexity index is 968. The number of rotatable bonds is 8. The molecule has 1 fully saturated rings. The minimum atomic E-state index is -3.43. The van der Waals surface area contributed by atoms with Gasteiger partial charge < -0.3 is 10.1 Å². The van der Waals surface area contributed by atoms with E-state index >= 15 is 0 Å². The Morgan fingerprint density at radius 1 is 1.16 bits per heavy atom. The summed E-state index contributed by atoms with van der Waals surface area (Å²) in [6.45, 7) is 4.89. The Labute approximate surface area is 184 Å². The lowest BCUT2D eigenvalue weighted by Gasteiger charge is -2.31. The van der Waals surface area contributed by atoms with Crippen molar-refractivity contribution in [3.63, 3.8) is 0 Å². The number of sulfonamides is 1. The fraction of sp³-hybridized carbons (Fsp3) is 0.455. The largest absolute Gasteiger partial charge is 0.492 e. The van der Waals surface area contributed by atoms with Crippen LogP contribution in [0.1, 0.15) is 18.4 Å². The summed E-state index contributed by atoms with van der Waals surface area (Å²) in [6, 6.07) is 10.2. The van der Waals surface area contributed by atoms with Gasteiger partial charge in [-0.15, -0.1) is 0 Å². The number of pyridine rings is 1. The summed E-state index contributed by atoms with van der Waals surface area (Å²) in [5.41, 5.74) is 1.06. The maximum absolute atomic E-state index is 12.5. The third-order valence-electron chi connectivity index (χ3n) is 5.40. The van der Waals surface area contributed by atoms with Crippen molar-refractivity contribution in [3.05, 3.63) is 48.2 Å². The monoisotopic (exact) mass is 446 g/mol. The number of aryl methyl sites for hydroxylation is 1. The molecule has 0 saturated carbocycles. The van der Waals surface area contributed by atoms with E-state index in [-0.39, 0.29) is 16.7 Å². The van der Waals surface area contributed by atoms with Crippen molar-refractivity contribution < 1.29 is 17.9 Å². The van der Waals surface area contributed by atoms with Crippen LogP contribution < -0.4 is 10.1 Å². The van der Waals surface area contributed by atoms with Crippen LogP contribution in [0.15, 0.2) is 47.5 Å². The number of amides is 1. The van der Waals surface area contributed by atoms with Gasteiger partial charge in [0.25, 0.3) is 0 Å². The fourth-order valence-electron chi connectivity index (χ4n) is 3.40. The Kier molecular flexibility index (Phi) is 7.64. The van der Waals surface area contributed by atoms with Gasteiger partial charge in [-0.1, -0.05) is 6.07 Å². The lowest BCUT2D eigenvalue weighted by molar-refractivity contribution is -0.121. The molecule has 1 saturated heterocycles. The molecule has 1 N–H and O–H groups in total. The highest BCUT2D eigenvalue weighted by molar-refractivity contribution is 7.89. The second-order valence-electron chi connectivity index (χ2n) is 7.93. The first-order valence-electron chi connectivity index (χ1n) is 10.4. The van der Waals surface area contributed by atoms with Crippen LogP contribution in [-0.2, 0) is 14.8 Å². The van der Waals surface area contributed by atoms with Crippen LogP contribution in [0.25, 0.3) is 0 Å². The molecule has 0 radical (unpaired) electrons. The summed E-state index contributed by atoms with van der Waals surface area (Å²) >= 11 is 0. The Morgan fingerprint density at radius 2 is 1.84 bits per heavy atom. The number of nitrogens with one attached hydrogen (secondary N) is 1. The molecule has 1 aromatic carbocycles. The molecular weight excluding hydrogens is 416 g/mol. The van der Waals surface area contributed by atoms with Crippen molar-refractivity contribution >= 4 is 21.7 Å². The third-order valence-corrected chi connectivity index (χ3v) is 7.23. The third kappa shape index (κ3) is 6.25. The van der Waals surface area contributed by atoms with E-state index in [1.54, 1.807) is 30.5 Å². The summed E-state index contributed by atoms with van der Waals surface area (Å²) in [5.74, 6) is 1.25. The summed E-state index contributed by atoms with van der Waals surface area (Å²) in [6.07, 6.45) is 3.34. The van der Waals surface area contributed by atoms with Crippen LogP contribution in [0, 0.1) is 12.8 Å². The number of ether oxygens (including phenoxy) is 1. The van der Waals surface area contributed by atoms with Gasteiger partial charge in [0.05, 0.1) is 4.90 Å². The number of aromatic nitrogens is 1. The average molecular weight is 447 g/mol. The number of piperidine rings is 1. The molecule has 2 aromatic rings. The van der Waals surface area contributed by atoms with Crippen molar-refractivity contribution in [2.75, 3.05) is 45.7 Å². The summed E-state index contributed by atoms with van der Waals surface area (Å²) < 4.78 is 31.1. The van der Waals surface area contributed by atoms with Gasteiger partial charge in [-0.3, -0.25) is 9.69 Å². The second-order valence-corrected chi connectivity index (χ2v) is 10.1. The van der Waals surface area contributed by atoms with Crippen molar-refractivity contribution in [1.82, 2.24) is 14.2 Å². The molecule has 31 heavy (non-hydrogen) atoms. The number of anilines is 1. The lowest BCUT2D eigenvalue weighted by Crippen LogP contribution is -2.40. The first-order chi connectivity index (χ1) is 14.8. The smallest absolute Gasteiger partial charge is 0.242 e. The molecule has 0 atom stereocenters. The Morgan fingerprint density at radius 3 is 2.42 bits per heavy atom. The number of benzene rings is 1. The molecule has 1 aromatic heterocycles. The van der Waals surface area contributed by atoms with E-state index in [0.29, 0.717) is 18.2 Å². The van der Waals surface area contributed by atoms with Gasteiger partial charge in [-0.25, -0.2) is 17.7 Å². The standard InChI is InChI=1S/C22H30N4O4S/c1-17-4-9-21(23-16-17)24-22(27)18-10-12-26(13-11-18)14-15-30-19-5-7-20(8-6-19)31(28,29)25(2)3/h4-9,16,18H,10-15H2,1-3H3,(H,23,24,27). The molecule has 2 heterocycles. The number of hydrogen-bond acceptors (Lipinski definition) is 6. The Hall–Kier alpha value is -2.49. The topological polar surface area (TPSA) is 91.8 Å². The fourth-order valence-corrected chi connectivity index (χ4v) is 4.30. The molecule has 9 heteroatoms. The summed E-state index contributed by atoms with van der Waals surface area (Å²) in [5, 5.41) is 2.90. The van der Waals surface area contributed by atoms with Gasteiger partial charge in [0.2, 0.25) is 15.9 Å². The lowest BCUT2D eigenvalue weighted by atomic mass is 9.96. The van der Waals surface area contributed by atoms with Gasteiger partial charge >= 0.3 is 0 Å². The maximum Gasteiger partial charge on any atom is 0.242 e. The predicted octanol–water partition coefficient (Wildman–Crippen LogP) is 2.37. The highest BCUT2D eigenvalue weighted by atomic mass is 32.2. The zero-order valence-electron chi connectivity index (χ0n) is 18.2. The van der Waals surface area contributed by atoms with E-state index in [1.807, 2.05) is 19.1 Å². The minimum Gasteiger partial charge on any atom is -0.492 e. The average Bonchev–Trinajstić information content (AvgIpc) is 2.76. The van der Waals surface area contributed by atoms with E-state index in [1.165, 1.54) is 18.4 Å². The molecular formula is C22H30N4O4S. The Balaban J connectivity index is 1.39. The zero-order valence-corrected chi connectivity index (χ0v) is 19.1. The van der Waals surface area contributed by atoms with E-state index in [4.69, 9.17) is 4.74 Å². The van der Waals surface area contributed by atoms with E-state index < -0.39 is 10.0 Å². The molecule has 1 aliphatic heterocycles.